The molecule has 0 saturated carbocycles. The van der Waals surface area contributed by atoms with Crippen LogP contribution in [0, 0.1) is 5.92 Å². The zero-order chi connectivity index (χ0) is 24.7. The number of hydrogen-bond acceptors (Lipinski definition) is 6. The normalized spacial score (nSPS) is 14.5. The number of rotatable bonds is 8. The summed E-state index contributed by atoms with van der Waals surface area (Å²) < 4.78 is 12.3. The van der Waals surface area contributed by atoms with Gasteiger partial charge in [0.05, 0.1) is 6.54 Å². The number of likely N-dealkylation sites (tertiary alicyclic amines) is 1. The minimum Gasteiger partial charge on any atom is -0.489 e. The van der Waals surface area contributed by atoms with Crippen molar-refractivity contribution in [1.29, 1.82) is 0 Å². The molecule has 1 fully saturated rings. The van der Waals surface area contributed by atoms with Gasteiger partial charge in [0, 0.05) is 21.6 Å². The SMILES string of the molecule is O=C(Nc1ccc(OCc2ccccc2)cc1)C1CCN(Cc2nc(-c3cccc(Br)c3)no2)CC1. The Morgan fingerprint density at radius 3 is 2.56 bits per heavy atom. The van der Waals surface area contributed by atoms with Crippen molar-refractivity contribution in [3.63, 3.8) is 0 Å². The van der Waals surface area contributed by atoms with E-state index in [1.165, 1.54) is 0 Å². The van der Waals surface area contributed by atoms with Gasteiger partial charge in [-0.1, -0.05) is 63.6 Å². The number of hydrogen-bond donors (Lipinski definition) is 1. The van der Waals surface area contributed by atoms with Gasteiger partial charge in [-0.25, -0.2) is 0 Å². The van der Waals surface area contributed by atoms with Crippen LogP contribution in [0.25, 0.3) is 11.4 Å². The molecule has 1 saturated heterocycles. The molecule has 0 bridgehead atoms. The van der Waals surface area contributed by atoms with Gasteiger partial charge in [0.15, 0.2) is 0 Å². The standard InChI is InChI=1S/C28H27BrN4O3/c29-23-8-4-7-22(17-23)27-31-26(36-32-27)18-33-15-13-21(14-16-33)28(34)30-24-9-11-25(12-10-24)35-19-20-5-2-1-3-6-20/h1-12,17,21H,13-16,18-19H2,(H,30,34). The number of nitrogens with one attached hydrogen (secondary N) is 1. The summed E-state index contributed by atoms with van der Waals surface area (Å²) in [6.07, 6.45) is 1.58. The first kappa shape index (κ1) is 24.2. The minimum absolute atomic E-state index is 0.0184. The predicted octanol–water partition coefficient (Wildman–Crippen LogP) is 5.93. The Hall–Kier alpha value is -3.49. The first-order chi connectivity index (χ1) is 17.6. The Bertz CT molecular complexity index is 1290. The van der Waals surface area contributed by atoms with Gasteiger partial charge in [-0.05, 0) is 67.9 Å². The Labute approximate surface area is 218 Å². The van der Waals surface area contributed by atoms with Crippen LogP contribution in [0.3, 0.4) is 0 Å². The van der Waals surface area contributed by atoms with E-state index in [1.807, 2.05) is 78.9 Å². The maximum atomic E-state index is 12.8. The molecule has 8 heteroatoms. The summed E-state index contributed by atoms with van der Waals surface area (Å²) in [5.74, 6) is 1.98. The quantitative estimate of drug-likeness (QED) is 0.295. The van der Waals surface area contributed by atoms with Gasteiger partial charge in [-0.3, -0.25) is 9.69 Å². The van der Waals surface area contributed by atoms with Gasteiger partial charge in [0.1, 0.15) is 12.4 Å². The fourth-order valence-corrected chi connectivity index (χ4v) is 4.63. The fourth-order valence-electron chi connectivity index (χ4n) is 4.23. The summed E-state index contributed by atoms with van der Waals surface area (Å²) >= 11 is 3.47. The molecule has 5 rings (SSSR count). The lowest BCUT2D eigenvalue weighted by atomic mass is 9.96. The zero-order valence-electron chi connectivity index (χ0n) is 19.8. The van der Waals surface area contributed by atoms with Gasteiger partial charge in [0.25, 0.3) is 0 Å². The van der Waals surface area contributed by atoms with Crippen LogP contribution in [-0.2, 0) is 17.9 Å². The first-order valence-corrected chi connectivity index (χ1v) is 12.8. The highest BCUT2D eigenvalue weighted by atomic mass is 79.9. The van der Waals surface area contributed by atoms with E-state index in [1.54, 1.807) is 0 Å². The van der Waals surface area contributed by atoms with E-state index >= 15 is 0 Å². The maximum absolute atomic E-state index is 12.8. The van der Waals surface area contributed by atoms with Crippen molar-refractivity contribution < 1.29 is 14.1 Å². The molecule has 1 aliphatic heterocycles. The lowest BCUT2D eigenvalue weighted by molar-refractivity contribution is -0.121. The second kappa shape index (κ2) is 11.5. The number of halogens is 1. The molecular weight excluding hydrogens is 520 g/mol. The smallest absolute Gasteiger partial charge is 0.241 e. The monoisotopic (exact) mass is 546 g/mol. The van der Waals surface area contributed by atoms with E-state index in [4.69, 9.17) is 9.26 Å². The zero-order valence-corrected chi connectivity index (χ0v) is 21.4. The number of ether oxygens (including phenoxy) is 1. The van der Waals surface area contributed by atoms with E-state index in [2.05, 4.69) is 36.3 Å². The molecule has 7 nitrogen and oxygen atoms in total. The highest BCUT2D eigenvalue weighted by Crippen LogP contribution is 2.24. The van der Waals surface area contributed by atoms with Crippen molar-refractivity contribution in [3.8, 4) is 17.1 Å². The molecule has 0 unspecified atom stereocenters. The lowest BCUT2D eigenvalue weighted by Crippen LogP contribution is -2.37. The van der Waals surface area contributed by atoms with Crippen LogP contribution in [0.1, 0.15) is 24.3 Å². The summed E-state index contributed by atoms with van der Waals surface area (Å²) in [6.45, 7) is 2.71. The predicted molar refractivity (Wildman–Crippen MR) is 141 cm³/mol. The molecule has 4 aromatic rings. The molecule has 2 heterocycles. The van der Waals surface area contributed by atoms with Gasteiger partial charge < -0.3 is 14.6 Å². The number of aromatic nitrogens is 2. The van der Waals surface area contributed by atoms with Crippen LogP contribution in [0.4, 0.5) is 5.69 Å². The van der Waals surface area contributed by atoms with Gasteiger partial charge in [-0.15, -0.1) is 0 Å². The molecule has 1 amide bonds. The molecule has 36 heavy (non-hydrogen) atoms. The van der Waals surface area contributed by atoms with E-state index in [-0.39, 0.29) is 11.8 Å². The summed E-state index contributed by atoms with van der Waals surface area (Å²) in [5.41, 5.74) is 2.80. The molecule has 1 aliphatic rings. The van der Waals surface area contributed by atoms with Crippen LogP contribution < -0.4 is 10.1 Å². The number of carbonyl (C=O) groups excluding carboxylic acids is 1. The van der Waals surface area contributed by atoms with Crippen LogP contribution in [0.2, 0.25) is 0 Å². The van der Waals surface area contributed by atoms with Gasteiger partial charge >= 0.3 is 0 Å². The summed E-state index contributed by atoms with van der Waals surface area (Å²) in [5, 5.41) is 7.16. The molecular formula is C28H27BrN4O3. The second-order valence-electron chi connectivity index (χ2n) is 8.86. The lowest BCUT2D eigenvalue weighted by Gasteiger charge is -2.30. The maximum Gasteiger partial charge on any atom is 0.241 e. The highest BCUT2D eigenvalue weighted by molar-refractivity contribution is 9.10. The minimum atomic E-state index is -0.0184. The van der Waals surface area contributed by atoms with Crippen molar-refractivity contribution >= 4 is 27.5 Å². The number of piperidine rings is 1. The summed E-state index contributed by atoms with van der Waals surface area (Å²) in [6, 6.07) is 25.4. The number of amides is 1. The van der Waals surface area contributed by atoms with E-state index < -0.39 is 0 Å². The van der Waals surface area contributed by atoms with Gasteiger partial charge in [-0.2, -0.15) is 4.98 Å². The summed E-state index contributed by atoms with van der Waals surface area (Å²) in [7, 11) is 0. The summed E-state index contributed by atoms with van der Waals surface area (Å²) in [4.78, 5) is 19.6. The average Bonchev–Trinajstić information content (AvgIpc) is 3.38. The largest absolute Gasteiger partial charge is 0.489 e. The third-order valence-electron chi connectivity index (χ3n) is 6.24. The topological polar surface area (TPSA) is 80.5 Å². The highest BCUT2D eigenvalue weighted by Gasteiger charge is 2.26. The molecule has 184 valence electrons. The van der Waals surface area contributed by atoms with Crippen LogP contribution in [-0.4, -0.2) is 34.0 Å². The molecule has 0 aliphatic carbocycles. The third kappa shape index (κ3) is 6.38. The number of benzene rings is 3. The average molecular weight is 547 g/mol. The van der Waals surface area contributed by atoms with Crippen molar-refractivity contribution in [2.75, 3.05) is 18.4 Å². The van der Waals surface area contributed by atoms with E-state index in [0.717, 1.165) is 53.0 Å². The van der Waals surface area contributed by atoms with Crippen molar-refractivity contribution in [2.45, 2.75) is 26.0 Å². The van der Waals surface area contributed by atoms with Gasteiger partial charge in [0.2, 0.25) is 17.6 Å². The number of carbonyl (C=O) groups is 1. The van der Waals surface area contributed by atoms with Crippen molar-refractivity contribution in [2.24, 2.45) is 5.92 Å². The Balaban J connectivity index is 1.07. The molecule has 0 atom stereocenters. The number of nitrogens with zero attached hydrogens (tertiary/aromatic N) is 3. The molecule has 0 spiro atoms. The van der Waals surface area contributed by atoms with E-state index in [9.17, 15) is 4.79 Å². The van der Waals surface area contributed by atoms with Crippen LogP contribution >= 0.6 is 15.9 Å². The second-order valence-corrected chi connectivity index (χ2v) is 9.78. The molecule has 0 radical (unpaired) electrons. The molecule has 3 aromatic carbocycles. The number of anilines is 1. The molecule has 1 N–H and O–H groups in total. The van der Waals surface area contributed by atoms with Crippen molar-refractivity contribution in [1.82, 2.24) is 15.0 Å². The van der Waals surface area contributed by atoms with Crippen molar-refractivity contribution in [3.05, 3.63) is 94.8 Å². The fraction of sp³-hybridized carbons (Fsp3) is 0.250. The molecule has 1 aromatic heterocycles. The Kier molecular flexibility index (Phi) is 7.73. The third-order valence-corrected chi connectivity index (χ3v) is 6.73. The van der Waals surface area contributed by atoms with Crippen LogP contribution in [0.5, 0.6) is 5.75 Å². The first-order valence-electron chi connectivity index (χ1n) is 12.0. The van der Waals surface area contributed by atoms with Crippen LogP contribution in [0.15, 0.2) is 87.9 Å². The Morgan fingerprint density at radius 2 is 1.81 bits per heavy atom. The van der Waals surface area contributed by atoms with E-state index in [0.29, 0.717) is 24.9 Å². The Morgan fingerprint density at radius 1 is 1.03 bits per heavy atom.